The van der Waals surface area contributed by atoms with Crippen LogP contribution in [0.1, 0.15) is 0 Å². The van der Waals surface area contributed by atoms with E-state index in [2.05, 4.69) is 6.07 Å². The number of aromatic hydroxyl groups is 1. The van der Waals surface area contributed by atoms with E-state index in [1.54, 1.807) is 18.2 Å². The van der Waals surface area contributed by atoms with Crippen molar-refractivity contribution in [2.24, 2.45) is 0 Å². The molecule has 0 aliphatic carbocycles. The summed E-state index contributed by atoms with van der Waals surface area (Å²) in [5, 5.41) is 9.29. The van der Waals surface area contributed by atoms with Gasteiger partial charge in [-0.3, -0.25) is 0 Å². The second-order valence-electron chi connectivity index (χ2n) is 2.80. The molecule has 4 heteroatoms. The Morgan fingerprint density at radius 2 is 1.93 bits per heavy atom. The predicted molar refractivity (Wildman–Crippen MR) is 60.6 cm³/mol. The monoisotopic (exact) mass is 232 g/mol. The Kier molecular flexibility index (Phi) is 4.91. The average Bonchev–Trinajstić information content (AvgIpc) is 2.17. The van der Waals surface area contributed by atoms with E-state index in [-0.39, 0.29) is 5.75 Å². The number of rotatable bonds is 5. The summed E-state index contributed by atoms with van der Waals surface area (Å²) in [7, 11) is 0. The standard InChI is InChI=1S/C10H12Cl2NO/c11-4-6-13(7-5-12)9-2-1-3-10(14)8-9/h1,3,8,14H,4-7H2. The first-order chi connectivity index (χ1) is 6.77. The van der Waals surface area contributed by atoms with Crippen LogP contribution in [0, 0.1) is 6.07 Å². The minimum Gasteiger partial charge on any atom is -0.508 e. The van der Waals surface area contributed by atoms with Crippen molar-refractivity contribution in [3.05, 3.63) is 24.3 Å². The number of phenols is 1. The van der Waals surface area contributed by atoms with Crippen LogP contribution in [-0.2, 0) is 0 Å². The van der Waals surface area contributed by atoms with Gasteiger partial charge in [0.1, 0.15) is 5.75 Å². The van der Waals surface area contributed by atoms with Crippen molar-refractivity contribution >= 4 is 28.9 Å². The molecule has 0 saturated heterocycles. The number of halogens is 2. The first-order valence-corrected chi connectivity index (χ1v) is 5.42. The Morgan fingerprint density at radius 1 is 1.29 bits per heavy atom. The number of benzene rings is 1. The predicted octanol–water partition coefficient (Wildman–Crippen LogP) is 2.48. The number of nitrogens with zero attached hydrogens (tertiary/aromatic N) is 1. The number of hydrogen-bond donors (Lipinski definition) is 1. The quantitative estimate of drug-likeness (QED) is 0.789. The van der Waals surface area contributed by atoms with Crippen LogP contribution in [0.25, 0.3) is 0 Å². The van der Waals surface area contributed by atoms with Crippen molar-refractivity contribution in [1.29, 1.82) is 0 Å². The van der Waals surface area contributed by atoms with Crippen LogP contribution in [0.4, 0.5) is 5.69 Å². The molecule has 0 saturated carbocycles. The summed E-state index contributed by atoms with van der Waals surface area (Å²) in [5.41, 5.74) is 0.825. The summed E-state index contributed by atoms with van der Waals surface area (Å²) in [6, 6.07) is 7.95. The van der Waals surface area contributed by atoms with E-state index < -0.39 is 0 Å². The van der Waals surface area contributed by atoms with E-state index in [9.17, 15) is 5.11 Å². The van der Waals surface area contributed by atoms with Gasteiger partial charge in [0, 0.05) is 42.7 Å². The SMILES string of the molecule is Oc1cc[c]c(N(CCCl)CCCl)c1. The Labute approximate surface area is 94.1 Å². The molecule has 14 heavy (non-hydrogen) atoms. The van der Waals surface area contributed by atoms with Gasteiger partial charge in [-0.1, -0.05) is 0 Å². The first-order valence-electron chi connectivity index (χ1n) is 4.35. The van der Waals surface area contributed by atoms with Crippen molar-refractivity contribution in [2.45, 2.75) is 0 Å². The number of hydrogen-bond acceptors (Lipinski definition) is 2. The minimum atomic E-state index is 0.230. The molecule has 1 N–H and O–H groups in total. The van der Waals surface area contributed by atoms with Crippen LogP contribution < -0.4 is 4.90 Å². The third-order valence-corrected chi connectivity index (χ3v) is 2.16. The summed E-state index contributed by atoms with van der Waals surface area (Å²) < 4.78 is 0. The zero-order chi connectivity index (χ0) is 10.4. The van der Waals surface area contributed by atoms with Crippen molar-refractivity contribution < 1.29 is 5.11 Å². The normalized spacial score (nSPS) is 10.1. The molecule has 1 radical (unpaired) electrons. The molecule has 0 heterocycles. The van der Waals surface area contributed by atoms with Gasteiger partial charge in [-0.15, -0.1) is 23.2 Å². The molecule has 0 aliphatic heterocycles. The van der Waals surface area contributed by atoms with E-state index in [1.165, 1.54) is 0 Å². The van der Waals surface area contributed by atoms with Gasteiger partial charge < -0.3 is 10.0 Å². The third kappa shape index (κ3) is 3.28. The summed E-state index contributed by atoms with van der Waals surface area (Å²) in [6.45, 7) is 1.41. The molecule has 0 unspecified atom stereocenters. The van der Waals surface area contributed by atoms with E-state index >= 15 is 0 Å². The van der Waals surface area contributed by atoms with E-state index in [0.717, 1.165) is 5.69 Å². The zero-order valence-electron chi connectivity index (χ0n) is 7.71. The molecular weight excluding hydrogens is 221 g/mol. The number of alkyl halides is 2. The average molecular weight is 233 g/mol. The van der Waals surface area contributed by atoms with Crippen LogP contribution in [-0.4, -0.2) is 30.0 Å². The van der Waals surface area contributed by atoms with Crippen LogP contribution in [0.15, 0.2) is 18.2 Å². The van der Waals surface area contributed by atoms with Crippen molar-refractivity contribution in [2.75, 3.05) is 29.7 Å². The maximum absolute atomic E-state index is 9.29. The Bertz CT molecular complexity index is 275. The second-order valence-corrected chi connectivity index (χ2v) is 3.55. The third-order valence-electron chi connectivity index (χ3n) is 1.82. The fourth-order valence-electron chi connectivity index (χ4n) is 1.18. The van der Waals surface area contributed by atoms with E-state index in [1.807, 2.05) is 4.90 Å². The van der Waals surface area contributed by atoms with Crippen LogP contribution in [0.2, 0.25) is 0 Å². The molecule has 0 amide bonds. The molecule has 77 valence electrons. The van der Waals surface area contributed by atoms with Gasteiger partial charge in [-0.05, 0) is 12.1 Å². The van der Waals surface area contributed by atoms with Gasteiger partial charge in [-0.25, -0.2) is 0 Å². The molecule has 0 aliphatic rings. The molecule has 0 atom stereocenters. The van der Waals surface area contributed by atoms with E-state index in [4.69, 9.17) is 23.2 Å². The lowest BCUT2D eigenvalue weighted by molar-refractivity contribution is 0.475. The molecule has 1 rings (SSSR count). The zero-order valence-corrected chi connectivity index (χ0v) is 9.22. The summed E-state index contributed by atoms with van der Waals surface area (Å²) in [4.78, 5) is 1.99. The van der Waals surface area contributed by atoms with E-state index in [0.29, 0.717) is 24.8 Å². The fourth-order valence-corrected chi connectivity index (χ4v) is 1.59. The minimum absolute atomic E-state index is 0.230. The lowest BCUT2D eigenvalue weighted by Gasteiger charge is -2.22. The molecule has 1 aromatic carbocycles. The number of phenolic OH excluding ortho intramolecular Hbond substituents is 1. The summed E-state index contributed by atoms with van der Waals surface area (Å²) >= 11 is 11.3. The highest BCUT2D eigenvalue weighted by molar-refractivity contribution is 6.18. The smallest absolute Gasteiger partial charge is 0.117 e. The van der Waals surface area contributed by atoms with Gasteiger partial charge in [0.15, 0.2) is 0 Å². The van der Waals surface area contributed by atoms with Crippen molar-refractivity contribution in [1.82, 2.24) is 0 Å². The Balaban J connectivity index is 2.75. The Morgan fingerprint density at radius 3 is 2.43 bits per heavy atom. The maximum Gasteiger partial charge on any atom is 0.117 e. The topological polar surface area (TPSA) is 23.5 Å². The highest BCUT2D eigenvalue weighted by Gasteiger charge is 2.05. The van der Waals surface area contributed by atoms with Gasteiger partial charge >= 0.3 is 0 Å². The van der Waals surface area contributed by atoms with Crippen molar-refractivity contribution in [3.63, 3.8) is 0 Å². The number of anilines is 1. The highest BCUT2D eigenvalue weighted by atomic mass is 35.5. The van der Waals surface area contributed by atoms with Crippen molar-refractivity contribution in [3.8, 4) is 5.75 Å². The lowest BCUT2D eigenvalue weighted by Crippen LogP contribution is -2.27. The summed E-state index contributed by atoms with van der Waals surface area (Å²) in [5.74, 6) is 1.29. The molecule has 2 nitrogen and oxygen atoms in total. The molecule has 0 aromatic heterocycles. The maximum atomic E-state index is 9.29. The summed E-state index contributed by atoms with van der Waals surface area (Å²) in [6.07, 6.45) is 0. The molecule has 0 fully saturated rings. The molecule has 0 bridgehead atoms. The van der Waals surface area contributed by atoms with Crippen LogP contribution in [0.5, 0.6) is 5.75 Å². The van der Waals surface area contributed by atoms with Crippen LogP contribution in [0.3, 0.4) is 0 Å². The second kappa shape index (κ2) is 5.99. The molecule has 0 spiro atoms. The Hall–Kier alpha value is -0.600. The first kappa shape index (κ1) is 11.5. The van der Waals surface area contributed by atoms with Crippen LogP contribution >= 0.6 is 23.2 Å². The van der Waals surface area contributed by atoms with Gasteiger partial charge in [-0.2, -0.15) is 0 Å². The van der Waals surface area contributed by atoms with Gasteiger partial charge in [0.2, 0.25) is 0 Å². The fraction of sp³-hybridized carbons (Fsp3) is 0.400. The molecule has 1 aromatic rings. The van der Waals surface area contributed by atoms with Gasteiger partial charge in [0.25, 0.3) is 0 Å². The lowest BCUT2D eigenvalue weighted by atomic mass is 10.2. The highest BCUT2D eigenvalue weighted by Crippen LogP contribution is 2.19. The molecular formula is C10H12Cl2NO. The largest absolute Gasteiger partial charge is 0.508 e. The van der Waals surface area contributed by atoms with Gasteiger partial charge in [0.05, 0.1) is 0 Å².